The van der Waals surface area contributed by atoms with E-state index in [0.717, 1.165) is 106 Å². The second kappa shape index (κ2) is 23.6. The van der Waals surface area contributed by atoms with Crippen LogP contribution in [0.25, 0.3) is 66.1 Å². The van der Waals surface area contributed by atoms with E-state index in [2.05, 4.69) is 45.5 Å². The minimum atomic E-state index is -0.473. The lowest BCUT2D eigenvalue weighted by Gasteiger charge is -2.16. The number of para-hydroxylation sites is 2. The molecule has 0 aliphatic heterocycles. The largest absolute Gasteiger partial charge is 0.493 e. The topological polar surface area (TPSA) is 144 Å². The van der Waals surface area contributed by atoms with E-state index in [9.17, 15) is 9.59 Å². The van der Waals surface area contributed by atoms with Crippen molar-refractivity contribution in [3.05, 3.63) is 96.3 Å². The molecule has 0 radical (unpaired) electrons. The number of nitrogens with zero attached hydrogens (tertiary/aromatic N) is 4. The van der Waals surface area contributed by atoms with Crippen LogP contribution >= 0.6 is 0 Å². The van der Waals surface area contributed by atoms with Crippen molar-refractivity contribution in [1.82, 2.24) is 19.1 Å². The molecule has 4 aromatic carbocycles. The van der Waals surface area contributed by atoms with Crippen LogP contribution in [0, 0.1) is 0 Å². The van der Waals surface area contributed by atoms with E-state index in [1.807, 2.05) is 48.5 Å². The summed E-state index contributed by atoms with van der Waals surface area (Å²) in [5, 5.41) is 3.96. The number of esters is 2. The Hall–Kier alpha value is -7.48. The molecule has 0 aliphatic rings. The van der Waals surface area contributed by atoms with Crippen molar-refractivity contribution in [3.8, 4) is 57.0 Å². The summed E-state index contributed by atoms with van der Waals surface area (Å²) in [4.78, 5) is 36.4. The van der Waals surface area contributed by atoms with Gasteiger partial charge in [0.2, 0.25) is 11.5 Å². The monoisotopic (exact) mass is 978 g/mol. The fourth-order valence-electron chi connectivity index (χ4n) is 10.0. The zero-order chi connectivity index (χ0) is 50.7. The molecule has 0 unspecified atom stereocenters. The summed E-state index contributed by atoms with van der Waals surface area (Å²) in [6, 6.07) is 27.9. The molecule has 8 rings (SSSR count). The van der Waals surface area contributed by atoms with Crippen LogP contribution in [-0.2, 0) is 22.6 Å². The van der Waals surface area contributed by atoms with Gasteiger partial charge in [-0.2, -0.15) is 0 Å². The van der Waals surface area contributed by atoms with Crippen LogP contribution in [0.15, 0.2) is 84.9 Å². The number of pyridine rings is 2. The molecule has 0 saturated carbocycles. The van der Waals surface area contributed by atoms with Gasteiger partial charge in [0.15, 0.2) is 23.0 Å². The molecule has 14 nitrogen and oxygen atoms in total. The van der Waals surface area contributed by atoms with Crippen molar-refractivity contribution in [2.75, 3.05) is 55.9 Å². The third kappa shape index (κ3) is 10.3. The highest BCUT2D eigenvalue weighted by Crippen LogP contribution is 2.46. The predicted molar refractivity (Wildman–Crippen MR) is 283 cm³/mol. The summed E-state index contributed by atoms with van der Waals surface area (Å²) in [5.41, 5.74) is 7.29. The van der Waals surface area contributed by atoms with Crippen molar-refractivity contribution in [2.24, 2.45) is 0 Å². The average molecular weight is 979 g/mol. The molecular formula is C58H66N4O10. The Morgan fingerprint density at radius 1 is 0.431 bits per heavy atom. The van der Waals surface area contributed by atoms with E-state index < -0.39 is 11.9 Å². The van der Waals surface area contributed by atoms with Gasteiger partial charge in [-0.25, -0.2) is 19.6 Å². The minimum absolute atomic E-state index is 0.242. The van der Waals surface area contributed by atoms with Crippen LogP contribution in [0.2, 0.25) is 0 Å². The molecule has 4 heterocycles. The smallest absolute Gasteiger partial charge is 0.356 e. The molecule has 0 atom stereocenters. The van der Waals surface area contributed by atoms with Gasteiger partial charge in [-0.15, -0.1) is 0 Å². The van der Waals surface area contributed by atoms with Gasteiger partial charge in [-0.3, -0.25) is 0 Å². The quantitative estimate of drug-likeness (QED) is 0.0397. The molecule has 0 aliphatic carbocycles. The number of methoxy groups -OCH3 is 6. The molecule has 14 heteroatoms. The van der Waals surface area contributed by atoms with Crippen LogP contribution in [0.4, 0.5) is 0 Å². The maximum absolute atomic E-state index is 13.2. The molecular weight excluding hydrogens is 913 g/mol. The number of hydrogen-bond donors (Lipinski definition) is 0. The summed E-state index contributed by atoms with van der Waals surface area (Å²) in [6.07, 6.45) is 11.2. The highest BCUT2D eigenvalue weighted by atomic mass is 16.5. The van der Waals surface area contributed by atoms with Crippen LogP contribution in [-0.4, -0.2) is 86.9 Å². The maximum atomic E-state index is 13.2. The van der Waals surface area contributed by atoms with Crippen molar-refractivity contribution in [2.45, 2.75) is 91.1 Å². The lowest BCUT2D eigenvalue weighted by molar-refractivity contribution is 0.0510. The first-order chi connectivity index (χ1) is 35.2. The van der Waals surface area contributed by atoms with Crippen LogP contribution in [0.1, 0.15) is 99.0 Å². The number of carbonyl (C=O) groups is 2. The highest BCUT2D eigenvalue weighted by molar-refractivity contribution is 6.15. The molecule has 378 valence electrons. The summed E-state index contributed by atoms with van der Waals surface area (Å²) in [7, 11) is 9.52. The molecule has 0 N–H and O–H groups in total. The summed E-state index contributed by atoms with van der Waals surface area (Å²) in [5.74, 6) is 2.01. The fraction of sp³-hybridized carbons (Fsp3) is 0.379. The van der Waals surface area contributed by atoms with Crippen molar-refractivity contribution < 1.29 is 47.5 Å². The van der Waals surface area contributed by atoms with E-state index in [1.165, 1.54) is 25.7 Å². The van der Waals surface area contributed by atoms with Gasteiger partial charge < -0.3 is 47.0 Å². The number of benzene rings is 4. The number of aryl methyl sites for hydroxylation is 2. The van der Waals surface area contributed by atoms with Gasteiger partial charge in [-0.1, -0.05) is 87.8 Å². The normalized spacial score (nSPS) is 11.4. The first-order valence-corrected chi connectivity index (χ1v) is 25.0. The minimum Gasteiger partial charge on any atom is -0.493 e. The molecule has 0 saturated heterocycles. The highest BCUT2D eigenvalue weighted by Gasteiger charge is 2.26. The standard InChI is InChI=1S/C58H66N4O10/c1-9-71-57(63)43-35-41-39-25-19-21-27-45(39)61(53(41)51(59-43)37-31-47(65-3)55(69-7)48(32-37)66-4)29-23-17-15-13-11-12-14-16-18-24-30-62-46-28-22-20-26-40(46)42-36-44(58(64)72-10-2)60-52(54(42)62)38-33-49(67-5)56(70-8)50(34-38)68-6/h19-22,25-28,31-36H,9-18,23-24,29-30H2,1-8H3. The van der Waals surface area contributed by atoms with Gasteiger partial charge in [-0.05, 0) is 75.2 Å². The molecule has 4 aromatic heterocycles. The number of ether oxygens (including phenoxy) is 8. The zero-order valence-corrected chi connectivity index (χ0v) is 42.9. The first kappa shape index (κ1) is 50.9. The molecule has 8 aromatic rings. The average Bonchev–Trinajstić information content (AvgIpc) is 3.91. The van der Waals surface area contributed by atoms with Crippen LogP contribution in [0.3, 0.4) is 0 Å². The van der Waals surface area contributed by atoms with E-state index in [0.29, 0.717) is 45.9 Å². The third-order valence-electron chi connectivity index (χ3n) is 13.4. The third-order valence-corrected chi connectivity index (χ3v) is 13.4. The fourth-order valence-corrected chi connectivity index (χ4v) is 10.0. The lowest BCUT2D eigenvalue weighted by atomic mass is 10.0. The lowest BCUT2D eigenvalue weighted by Crippen LogP contribution is -2.09. The first-order valence-electron chi connectivity index (χ1n) is 25.0. The van der Waals surface area contributed by atoms with Gasteiger partial charge in [0.25, 0.3) is 0 Å². The second-order valence-corrected chi connectivity index (χ2v) is 17.6. The SMILES string of the molecule is CCOC(=O)c1cc2c3ccccc3n(CCCCCCCCCCCCn3c4ccccc4c4cc(C(=O)OCC)nc(-c5cc(OC)c(OC)c(OC)c5)c43)c2c(-c2cc(OC)c(OC)c(OC)c2)n1. The number of fused-ring (bicyclic) bond motifs is 6. The van der Waals surface area contributed by atoms with E-state index in [-0.39, 0.29) is 24.6 Å². The molecule has 0 spiro atoms. The van der Waals surface area contributed by atoms with Crippen molar-refractivity contribution >= 4 is 55.6 Å². The van der Waals surface area contributed by atoms with Gasteiger partial charge in [0.1, 0.15) is 11.4 Å². The summed E-state index contributed by atoms with van der Waals surface area (Å²) < 4.78 is 49.8. The Bertz CT molecular complexity index is 2950. The van der Waals surface area contributed by atoms with Crippen LogP contribution < -0.4 is 28.4 Å². The number of hydrogen-bond acceptors (Lipinski definition) is 12. The number of carbonyl (C=O) groups excluding carboxylic acids is 2. The van der Waals surface area contributed by atoms with Gasteiger partial charge >= 0.3 is 11.9 Å². The Morgan fingerprint density at radius 2 is 0.764 bits per heavy atom. The Balaban J connectivity index is 0.915. The van der Waals surface area contributed by atoms with Crippen LogP contribution in [0.5, 0.6) is 34.5 Å². The van der Waals surface area contributed by atoms with Crippen molar-refractivity contribution in [1.29, 1.82) is 0 Å². The van der Waals surface area contributed by atoms with E-state index >= 15 is 0 Å². The number of rotatable bonds is 25. The van der Waals surface area contributed by atoms with Gasteiger partial charge in [0.05, 0.1) is 78.3 Å². The molecule has 0 bridgehead atoms. The van der Waals surface area contributed by atoms with Gasteiger partial charge in [0, 0.05) is 56.8 Å². The zero-order valence-electron chi connectivity index (χ0n) is 42.9. The van der Waals surface area contributed by atoms with Crippen molar-refractivity contribution in [3.63, 3.8) is 0 Å². The number of unbranched alkanes of at least 4 members (excludes halogenated alkanes) is 9. The summed E-state index contributed by atoms with van der Waals surface area (Å²) >= 11 is 0. The predicted octanol–water partition coefficient (Wildman–Crippen LogP) is 13.0. The molecule has 0 amide bonds. The van der Waals surface area contributed by atoms with E-state index in [1.54, 1.807) is 56.5 Å². The number of aromatic nitrogens is 4. The second-order valence-electron chi connectivity index (χ2n) is 17.6. The summed E-state index contributed by atoms with van der Waals surface area (Å²) in [6.45, 7) is 5.66. The maximum Gasteiger partial charge on any atom is 0.356 e. The molecule has 72 heavy (non-hydrogen) atoms. The Labute approximate surface area is 421 Å². The molecule has 0 fully saturated rings. The Kier molecular flexibility index (Phi) is 16.7. The Morgan fingerprint density at radius 3 is 1.08 bits per heavy atom. The van der Waals surface area contributed by atoms with E-state index in [4.69, 9.17) is 47.9 Å².